The van der Waals surface area contributed by atoms with Gasteiger partial charge in [-0.3, -0.25) is 14.6 Å². The number of nitrogens with zero attached hydrogens (tertiary/aromatic N) is 2. The Bertz CT molecular complexity index is 1480. The van der Waals surface area contributed by atoms with Crippen LogP contribution < -0.4 is 15.4 Å². The van der Waals surface area contributed by atoms with Crippen molar-refractivity contribution in [1.82, 2.24) is 20.6 Å². The molecule has 5 rings (SSSR count). The van der Waals surface area contributed by atoms with Crippen LogP contribution in [-0.2, 0) is 0 Å². The molecule has 2 heterocycles. The van der Waals surface area contributed by atoms with Gasteiger partial charge in [-0.15, -0.1) is 13.2 Å². The largest absolute Gasteiger partial charge is 0.573 e. The van der Waals surface area contributed by atoms with Crippen molar-refractivity contribution < 1.29 is 27.5 Å². The van der Waals surface area contributed by atoms with E-state index in [4.69, 9.17) is 0 Å². The number of ketones is 1. The minimum Gasteiger partial charge on any atom is -0.405 e. The minimum absolute atomic E-state index is 0.210. The van der Waals surface area contributed by atoms with E-state index in [0.29, 0.717) is 41.8 Å². The summed E-state index contributed by atoms with van der Waals surface area (Å²) in [6, 6.07) is 19.2. The van der Waals surface area contributed by atoms with Gasteiger partial charge in [0.15, 0.2) is 5.78 Å². The Hall–Kier alpha value is -4.31. The minimum atomic E-state index is -4.94. The number of alkyl halides is 3. The number of benzene rings is 3. The molecule has 0 spiro atoms. The molecule has 194 valence electrons. The standard InChI is InChI=1S/C28H23F3N4O3/c29-28(30,31)38-25-9-5-4-8-19(25)27(37)35-21-12-13-32-15-20(21)26(36)18-10-11-22-23(14-18)33-16-24(34-22)17-6-2-1-3-7-17/h1-11,14,16,20-21,32H,12-13,15H2,(H,35,37)/t20-,21+/m0/s1. The average Bonchev–Trinajstić information content (AvgIpc) is 2.92. The van der Waals surface area contributed by atoms with Gasteiger partial charge in [-0.05, 0) is 43.3 Å². The lowest BCUT2D eigenvalue weighted by molar-refractivity contribution is -0.274. The van der Waals surface area contributed by atoms with E-state index < -0.39 is 30.0 Å². The number of amides is 1. The van der Waals surface area contributed by atoms with Crippen LogP contribution in [0, 0.1) is 5.92 Å². The van der Waals surface area contributed by atoms with E-state index in [1.165, 1.54) is 18.2 Å². The van der Waals surface area contributed by atoms with Crippen molar-refractivity contribution in [2.75, 3.05) is 13.1 Å². The van der Waals surface area contributed by atoms with Crippen LogP contribution in [0.25, 0.3) is 22.3 Å². The maximum atomic E-state index is 13.5. The maximum absolute atomic E-state index is 13.5. The maximum Gasteiger partial charge on any atom is 0.573 e. The highest BCUT2D eigenvalue weighted by Gasteiger charge is 2.35. The van der Waals surface area contributed by atoms with Crippen molar-refractivity contribution >= 4 is 22.7 Å². The summed E-state index contributed by atoms with van der Waals surface area (Å²) >= 11 is 0. The molecule has 1 amide bonds. The zero-order valence-electron chi connectivity index (χ0n) is 20.0. The molecule has 4 aromatic rings. The molecule has 3 aromatic carbocycles. The van der Waals surface area contributed by atoms with Crippen LogP contribution in [0.5, 0.6) is 5.75 Å². The Kier molecular flexibility index (Phi) is 7.06. The van der Waals surface area contributed by atoms with Crippen LogP contribution in [0.4, 0.5) is 13.2 Å². The van der Waals surface area contributed by atoms with E-state index in [0.717, 1.165) is 11.6 Å². The molecule has 2 atom stereocenters. The van der Waals surface area contributed by atoms with Gasteiger partial charge >= 0.3 is 6.36 Å². The number of Topliss-reactive ketones (excluding diaryl/α,β-unsaturated/α-hetero) is 1. The number of hydrogen-bond acceptors (Lipinski definition) is 6. The number of carbonyl (C=O) groups is 2. The third-order valence-electron chi connectivity index (χ3n) is 6.39. The number of ether oxygens (including phenoxy) is 1. The summed E-state index contributed by atoms with van der Waals surface area (Å²) in [5.74, 6) is -2.18. The number of piperidine rings is 1. The van der Waals surface area contributed by atoms with E-state index in [9.17, 15) is 22.8 Å². The van der Waals surface area contributed by atoms with Gasteiger partial charge in [0.25, 0.3) is 5.91 Å². The van der Waals surface area contributed by atoms with Crippen LogP contribution in [0.3, 0.4) is 0 Å². The lowest BCUT2D eigenvalue weighted by Gasteiger charge is -2.32. The summed E-state index contributed by atoms with van der Waals surface area (Å²) in [6.45, 7) is 0.849. The van der Waals surface area contributed by atoms with Crippen LogP contribution in [0.2, 0.25) is 0 Å². The molecule has 1 aliphatic heterocycles. The Balaban J connectivity index is 1.36. The number of para-hydroxylation sites is 1. The van der Waals surface area contributed by atoms with Crippen LogP contribution >= 0.6 is 0 Å². The Morgan fingerprint density at radius 3 is 2.53 bits per heavy atom. The first-order valence-electron chi connectivity index (χ1n) is 12.0. The highest BCUT2D eigenvalue weighted by molar-refractivity contribution is 6.02. The van der Waals surface area contributed by atoms with Gasteiger partial charge < -0.3 is 15.4 Å². The van der Waals surface area contributed by atoms with Gasteiger partial charge in [0.2, 0.25) is 0 Å². The molecule has 0 bridgehead atoms. The van der Waals surface area contributed by atoms with Gasteiger partial charge in [0, 0.05) is 23.7 Å². The van der Waals surface area contributed by atoms with E-state index in [2.05, 4.69) is 25.3 Å². The summed E-state index contributed by atoms with van der Waals surface area (Å²) in [7, 11) is 0. The zero-order valence-corrected chi connectivity index (χ0v) is 20.0. The fraction of sp³-hybridized carbons (Fsp3) is 0.214. The van der Waals surface area contributed by atoms with E-state index in [1.54, 1.807) is 24.4 Å². The summed E-state index contributed by atoms with van der Waals surface area (Å²) in [5, 5.41) is 5.91. The molecule has 1 fully saturated rings. The molecule has 38 heavy (non-hydrogen) atoms. The molecular weight excluding hydrogens is 497 g/mol. The molecule has 0 saturated carbocycles. The Labute approximate surface area is 216 Å². The summed E-state index contributed by atoms with van der Waals surface area (Å²) in [5.41, 5.74) is 2.98. The number of rotatable bonds is 6. The SMILES string of the molecule is O=C(N[C@@H]1CCNC[C@@H]1C(=O)c1ccc2nc(-c3ccccc3)cnc2c1)c1ccccc1OC(F)(F)F. The van der Waals surface area contributed by atoms with Crippen molar-refractivity contribution in [2.45, 2.75) is 18.8 Å². The summed E-state index contributed by atoms with van der Waals surface area (Å²) in [6.07, 6.45) is -2.86. The van der Waals surface area contributed by atoms with Gasteiger partial charge in [0.05, 0.1) is 34.4 Å². The number of nitrogens with one attached hydrogen (secondary N) is 2. The number of fused-ring (bicyclic) bond motifs is 1. The first-order chi connectivity index (χ1) is 18.3. The smallest absolute Gasteiger partial charge is 0.405 e. The van der Waals surface area contributed by atoms with Gasteiger partial charge in [-0.25, -0.2) is 4.98 Å². The number of carbonyl (C=O) groups excluding carboxylic acids is 2. The van der Waals surface area contributed by atoms with Gasteiger partial charge in [0.1, 0.15) is 5.75 Å². The van der Waals surface area contributed by atoms with Gasteiger partial charge in [-0.1, -0.05) is 42.5 Å². The second-order valence-electron chi connectivity index (χ2n) is 8.91. The second-order valence-corrected chi connectivity index (χ2v) is 8.91. The Morgan fingerprint density at radius 1 is 0.974 bits per heavy atom. The number of hydrogen-bond donors (Lipinski definition) is 2. The normalized spacial score (nSPS) is 17.7. The van der Waals surface area contributed by atoms with Crippen molar-refractivity contribution in [3.63, 3.8) is 0 Å². The molecule has 1 aromatic heterocycles. The number of aromatic nitrogens is 2. The molecule has 0 aliphatic carbocycles. The molecule has 2 N–H and O–H groups in total. The molecule has 1 aliphatic rings. The molecule has 1 saturated heterocycles. The Morgan fingerprint density at radius 2 is 1.74 bits per heavy atom. The van der Waals surface area contributed by atoms with Crippen molar-refractivity contribution in [2.24, 2.45) is 5.92 Å². The van der Waals surface area contributed by atoms with Gasteiger partial charge in [-0.2, -0.15) is 0 Å². The predicted octanol–water partition coefficient (Wildman–Crippen LogP) is 4.79. The first kappa shape index (κ1) is 25.3. The average molecular weight is 521 g/mol. The fourth-order valence-electron chi connectivity index (χ4n) is 4.55. The summed E-state index contributed by atoms with van der Waals surface area (Å²) in [4.78, 5) is 35.6. The molecule has 7 nitrogen and oxygen atoms in total. The molecule has 0 radical (unpaired) electrons. The molecule has 0 unspecified atom stereocenters. The van der Waals surface area contributed by atoms with Crippen molar-refractivity contribution in [3.8, 4) is 17.0 Å². The zero-order chi connectivity index (χ0) is 26.7. The van der Waals surface area contributed by atoms with E-state index in [1.807, 2.05) is 30.3 Å². The lowest BCUT2D eigenvalue weighted by atomic mass is 9.86. The topological polar surface area (TPSA) is 93.2 Å². The predicted molar refractivity (Wildman–Crippen MR) is 135 cm³/mol. The molecule has 10 heteroatoms. The lowest BCUT2D eigenvalue weighted by Crippen LogP contribution is -2.52. The van der Waals surface area contributed by atoms with Crippen LogP contribution in [0.15, 0.2) is 79.0 Å². The highest BCUT2D eigenvalue weighted by atomic mass is 19.4. The highest BCUT2D eigenvalue weighted by Crippen LogP contribution is 2.27. The molecular formula is C28H23F3N4O3. The van der Waals surface area contributed by atoms with E-state index in [-0.39, 0.29) is 11.3 Å². The van der Waals surface area contributed by atoms with E-state index >= 15 is 0 Å². The number of halogens is 3. The van der Waals surface area contributed by atoms with Crippen molar-refractivity contribution in [3.05, 3.63) is 90.1 Å². The first-order valence-corrected chi connectivity index (χ1v) is 12.0. The van der Waals surface area contributed by atoms with Crippen molar-refractivity contribution in [1.29, 1.82) is 0 Å². The quantitative estimate of drug-likeness (QED) is 0.356. The fourth-order valence-corrected chi connectivity index (χ4v) is 4.55. The third kappa shape index (κ3) is 5.65. The third-order valence-corrected chi connectivity index (χ3v) is 6.39. The van der Waals surface area contributed by atoms with Crippen LogP contribution in [0.1, 0.15) is 27.1 Å². The monoisotopic (exact) mass is 520 g/mol. The van der Waals surface area contributed by atoms with Crippen LogP contribution in [-0.4, -0.2) is 47.2 Å². The second kappa shape index (κ2) is 10.6. The summed E-state index contributed by atoms with van der Waals surface area (Å²) < 4.78 is 42.4.